The van der Waals surface area contributed by atoms with Gasteiger partial charge in [-0.15, -0.1) is 0 Å². The number of nitrogens with one attached hydrogen (secondary N) is 1. The molecule has 1 aromatic heterocycles. The van der Waals surface area contributed by atoms with E-state index < -0.39 is 0 Å². The Kier molecular flexibility index (Phi) is 4.40. The minimum absolute atomic E-state index is 0.119. The van der Waals surface area contributed by atoms with Gasteiger partial charge in [-0.25, -0.2) is 0 Å². The zero-order chi connectivity index (χ0) is 15.6. The van der Waals surface area contributed by atoms with Gasteiger partial charge in [-0.2, -0.15) is 0 Å². The molecule has 1 N–H and O–H groups in total. The molecule has 4 rings (SSSR count). The van der Waals surface area contributed by atoms with Crippen LogP contribution < -0.4 is 5.32 Å². The lowest BCUT2D eigenvalue weighted by Crippen LogP contribution is -2.61. The van der Waals surface area contributed by atoms with Crippen molar-refractivity contribution in [2.24, 2.45) is 11.8 Å². The molecular formula is C18H26N2O3. The van der Waals surface area contributed by atoms with Crippen LogP contribution in [0.15, 0.2) is 23.0 Å². The highest BCUT2D eigenvalue weighted by Gasteiger charge is 2.41. The number of likely N-dealkylation sites (tertiary alicyclic amines) is 1. The molecule has 1 amide bonds. The SMILES string of the molecule is O=C(N[C@@H]1CN(Cc2ccoc2)C[C@@H]2CCCO[C@@H]21)C1CCC1. The molecule has 2 saturated heterocycles. The van der Waals surface area contributed by atoms with Crippen molar-refractivity contribution in [3.63, 3.8) is 0 Å². The first-order valence-corrected chi connectivity index (χ1v) is 8.95. The Hall–Kier alpha value is -1.33. The second-order valence-electron chi connectivity index (χ2n) is 7.31. The van der Waals surface area contributed by atoms with Crippen molar-refractivity contribution >= 4 is 5.91 Å². The van der Waals surface area contributed by atoms with Crippen LogP contribution in [0.2, 0.25) is 0 Å². The number of rotatable bonds is 4. The predicted octanol–water partition coefficient (Wildman–Crippen LogP) is 2.18. The number of ether oxygens (including phenoxy) is 1. The lowest BCUT2D eigenvalue weighted by atomic mass is 9.82. The topological polar surface area (TPSA) is 54.7 Å². The second-order valence-corrected chi connectivity index (χ2v) is 7.31. The Labute approximate surface area is 137 Å². The Morgan fingerprint density at radius 3 is 2.91 bits per heavy atom. The van der Waals surface area contributed by atoms with Gasteiger partial charge in [0.15, 0.2) is 0 Å². The third-order valence-electron chi connectivity index (χ3n) is 5.63. The number of hydrogen-bond acceptors (Lipinski definition) is 4. The molecule has 3 heterocycles. The molecule has 1 saturated carbocycles. The fraction of sp³-hybridized carbons (Fsp3) is 0.722. The van der Waals surface area contributed by atoms with Crippen LogP contribution in [0.5, 0.6) is 0 Å². The quantitative estimate of drug-likeness (QED) is 0.924. The van der Waals surface area contributed by atoms with Crippen LogP contribution in [-0.2, 0) is 16.1 Å². The van der Waals surface area contributed by atoms with Crippen LogP contribution in [0.3, 0.4) is 0 Å². The number of carbonyl (C=O) groups excluding carboxylic acids is 1. The lowest BCUT2D eigenvalue weighted by molar-refractivity contribution is -0.134. The summed E-state index contributed by atoms with van der Waals surface area (Å²) in [6.45, 7) is 3.63. The maximum atomic E-state index is 12.4. The second kappa shape index (κ2) is 6.65. The first-order valence-electron chi connectivity index (χ1n) is 8.95. The van der Waals surface area contributed by atoms with Crippen molar-refractivity contribution in [2.75, 3.05) is 19.7 Å². The monoisotopic (exact) mass is 318 g/mol. The van der Waals surface area contributed by atoms with E-state index in [-0.39, 0.29) is 24.0 Å². The van der Waals surface area contributed by atoms with E-state index in [2.05, 4.69) is 10.2 Å². The smallest absolute Gasteiger partial charge is 0.223 e. The third-order valence-corrected chi connectivity index (χ3v) is 5.63. The van der Waals surface area contributed by atoms with Gasteiger partial charge in [-0.05, 0) is 37.7 Å². The molecule has 5 nitrogen and oxygen atoms in total. The van der Waals surface area contributed by atoms with Crippen LogP contribution in [0.4, 0.5) is 0 Å². The van der Waals surface area contributed by atoms with Crippen molar-refractivity contribution in [1.82, 2.24) is 10.2 Å². The van der Waals surface area contributed by atoms with E-state index in [1.807, 2.05) is 12.3 Å². The van der Waals surface area contributed by atoms with Crippen LogP contribution in [0.1, 0.15) is 37.7 Å². The number of carbonyl (C=O) groups is 1. The first kappa shape index (κ1) is 15.2. The zero-order valence-corrected chi connectivity index (χ0v) is 13.6. The Morgan fingerprint density at radius 1 is 1.26 bits per heavy atom. The van der Waals surface area contributed by atoms with Gasteiger partial charge in [0.2, 0.25) is 5.91 Å². The molecule has 2 aliphatic heterocycles. The van der Waals surface area contributed by atoms with Gasteiger partial charge in [-0.1, -0.05) is 6.42 Å². The van der Waals surface area contributed by atoms with E-state index in [4.69, 9.17) is 9.15 Å². The van der Waals surface area contributed by atoms with Crippen LogP contribution >= 0.6 is 0 Å². The molecule has 3 fully saturated rings. The normalized spacial score (nSPS) is 32.1. The summed E-state index contributed by atoms with van der Waals surface area (Å²) in [5.41, 5.74) is 1.20. The maximum Gasteiger partial charge on any atom is 0.223 e. The number of piperidine rings is 1. The van der Waals surface area contributed by atoms with E-state index >= 15 is 0 Å². The van der Waals surface area contributed by atoms with Gasteiger partial charge >= 0.3 is 0 Å². The Morgan fingerprint density at radius 2 is 2.17 bits per heavy atom. The fourth-order valence-electron chi connectivity index (χ4n) is 4.16. The van der Waals surface area contributed by atoms with Gasteiger partial charge in [0, 0.05) is 37.7 Å². The van der Waals surface area contributed by atoms with E-state index in [1.165, 1.54) is 18.4 Å². The zero-order valence-electron chi connectivity index (χ0n) is 13.6. The molecule has 3 atom stereocenters. The van der Waals surface area contributed by atoms with Crippen molar-refractivity contribution in [3.8, 4) is 0 Å². The number of amides is 1. The lowest BCUT2D eigenvalue weighted by Gasteiger charge is -2.46. The summed E-state index contributed by atoms with van der Waals surface area (Å²) in [6.07, 6.45) is 9.34. The Balaban J connectivity index is 1.43. The van der Waals surface area contributed by atoms with E-state index in [1.54, 1.807) is 6.26 Å². The summed E-state index contributed by atoms with van der Waals surface area (Å²) < 4.78 is 11.2. The molecule has 0 bridgehead atoms. The van der Waals surface area contributed by atoms with Gasteiger partial charge in [0.1, 0.15) is 0 Å². The molecule has 23 heavy (non-hydrogen) atoms. The molecule has 0 spiro atoms. The largest absolute Gasteiger partial charge is 0.472 e. The molecule has 0 radical (unpaired) electrons. The number of hydrogen-bond donors (Lipinski definition) is 1. The number of nitrogens with zero attached hydrogens (tertiary/aromatic N) is 1. The average Bonchev–Trinajstić information content (AvgIpc) is 2.98. The van der Waals surface area contributed by atoms with E-state index in [0.29, 0.717) is 5.92 Å². The van der Waals surface area contributed by atoms with Crippen LogP contribution in [0, 0.1) is 11.8 Å². The third kappa shape index (κ3) is 3.31. The molecule has 0 unspecified atom stereocenters. The molecule has 126 valence electrons. The Bertz CT molecular complexity index is 526. The molecule has 5 heteroatoms. The molecule has 1 aliphatic carbocycles. The fourth-order valence-corrected chi connectivity index (χ4v) is 4.16. The minimum Gasteiger partial charge on any atom is -0.472 e. The first-order chi connectivity index (χ1) is 11.3. The summed E-state index contributed by atoms with van der Waals surface area (Å²) in [4.78, 5) is 14.8. The molecule has 3 aliphatic rings. The number of fused-ring (bicyclic) bond motifs is 1. The molecular weight excluding hydrogens is 292 g/mol. The van der Waals surface area contributed by atoms with E-state index in [0.717, 1.165) is 45.5 Å². The summed E-state index contributed by atoms with van der Waals surface area (Å²) in [6, 6.07) is 2.14. The van der Waals surface area contributed by atoms with Crippen molar-refractivity contribution < 1.29 is 13.9 Å². The standard InChI is InChI=1S/C18H26N2O3/c21-18(14-3-1-4-14)19-16-11-20(9-13-6-8-22-12-13)10-15-5-2-7-23-17(15)16/h6,8,12,14-17H,1-5,7,9-11H2,(H,19,21)/t15-,16+,17-/m0/s1. The van der Waals surface area contributed by atoms with Gasteiger partial charge in [-0.3, -0.25) is 9.69 Å². The highest BCUT2D eigenvalue weighted by Crippen LogP contribution is 2.31. The van der Waals surface area contributed by atoms with Crippen LogP contribution in [-0.4, -0.2) is 42.6 Å². The molecule has 0 aromatic carbocycles. The average molecular weight is 318 g/mol. The van der Waals surface area contributed by atoms with E-state index in [9.17, 15) is 4.79 Å². The van der Waals surface area contributed by atoms with Gasteiger partial charge < -0.3 is 14.5 Å². The summed E-state index contributed by atoms with van der Waals surface area (Å²) >= 11 is 0. The summed E-state index contributed by atoms with van der Waals surface area (Å²) in [5, 5.41) is 3.30. The molecule has 1 aromatic rings. The van der Waals surface area contributed by atoms with Crippen molar-refractivity contribution in [1.29, 1.82) is 0 Å². The van der Waals surface area contributed by atoms with Crippen molar-refractivity contribution in [2.45, 2.75) is 50.8 Å². The van der Waals surface area contributed by atoms with Crippen molar-refractivity contribution in [3.05, 3.63) is 24.2 Å². The number of furan rings is 1. The minimum atomic E-state index is 0.119. The van der Waals surface area contributed by atoms with Crippen LogP contribution in [0.25, 0.3) is 0 Å². The highest BCUT2D eigenvalue weighted by molar-refractivity contribution is 5.79. The maximum absolute atomic E-state index is 12.4. The summed E-state index contributed by atoms with van der Waals surface area (Å²) in [5.74, 6) is 0.997. The van der Waals surface area contributed by atoms with Gasteiger partial charge in [0.25, 0.3) is 0 Å². The predicted molar refractivity (Wildman–Crippen MR) is 85.7 cm³/mol. The van der Waals surface area contributed by atoms with Gasteiger partial charge in [0.05, 0.1) is 24.7 Å². The summed E-state index contributed by atoms with van der Waals surface area (Å²) in [7, 11) is 0. The highest BCUT2D eigenvalue weighted by atomic mass is 16.5.